The molecular weight excluding hydrogens is 288 g/mol. The fourth-order valence-electron chi connectivity index (χ4n) is 2.74. The number of nitrogens with one attached hydrogen (secondary N) is 1. The van der Waals surface area contributed by atoms with Crippen molar-refractivity contribution in [1.82, 2.24) is 10.3 Å². The average Bonchev–Trinajstić information content (AvgIpc) is 3.07. The molecule has 1 aromatic carbocycles. The molecule has 0 radical (unpaired) electrons. The molecule has 1 amide bonds. The molecule has 0 fully saturated rings. The van der Waals surface area contributed by atoms with Crippen molar-refractivity contribution in [2.75, 3.05) is 0 Å². The van der Waals surface area contributed by atoms with Gasteiger partial charge in [-0.05, 0) is 17.5 Å². The lowest BCUT2D eigenvalue weighted by atomic mass is 10.0. The summed E-state index contributed by atoms with van der Waals surface area (Å²) >= 11 is 1.43. The van der Waals surface area contributed by atoms with Gasteiger partial charge in [0.1, 0.15) is 0 Å². The second-order valence-electron chi connectivity index (χ2n) is 5.02. The Hall–Kier alpha value is -2.21. The summed E-state index contributed by atoms with van der Waals surface area (Å²) in [4.78, 5) is 28.2. The van der Waals surface area contributed by atoms with E-state index in [0.717, 1.165) is 16.0 Å². The number of aromatic nitrogens is 1. The first-order valence-corrected chi connectivity index (χ1v) is 7.51. The predicted octanol–water partition coefficient (Wildman–Crippen LogP) is 2.12. The van der Waals surface area contributed by atoms with Crippen molar-refractivity contribution in [3.63, 3.8) is 0 Å². The van der Waals surface area contributed by atoms with Crippen LogP contribution in [0.15, 0.2) is 36.0 Å². The van der Waals surface area contributed by atoms with Crippen molar-refractivity contribution in [3.05, 3.63) is 52.0 Å². The van der Waals surface area contributed by atoms with Crippen LogP contribution in [0.2, 0.25) is 0 Å². The topological polar surface area (TPSA) is 79.3 Å². The van der Waals surface area contributed by atoms with Gasteiger partial charge < -0.3 is 10.4 Å². The first-order valence-electron chi connectivity index (χ1n) is 6.63. The number of amides is 1. The second-order valence-corrected chi connectivity index (χ2v) is 5.99. The Labute approximate surface area is 125 Å². The lowest BCUT2D eigenvalue weighted by Gasteiger charge is -2.13. The molecule has 0 aliphatic heterocycles. The van der Waals surface area contributed by atoms with Gasteiger partial charge >= 0.3 is 5.97 Å². The highest BCUT2D eigenvalue weighted by molar-refractivity contribution is 7.09. The Kier molecular flexibility index (Phi) is 3.70. The molecule has 1 aromatic heterocycles. The minimum absolute atomic E-state index is 0.106. The molecule has 1 heterocycles. The number of aliphatic carboxylic acids is 1. The maximum atomic E-state index is 12.1. The number of hydrogen-bond donors (Lipinski definition) is 2. The van der Waals surface area contributed by atoms with Gasteiger partial charge in [-0.1, -0.05) is 24.3 Å². The van der Waals surface area contributed by atoms with E-state index in [2.05, 4.69) is 10.3 Å². The highest BCUT2D eigenvalue weighted by Crippen LogP contribution is 2.40. The van der Waals surface area contributed by atoms with E-state index in [-0.39, 0.29) is 18.4 Å². The van der Waals surface area contributed by atoms with Crippen molar-refractivity contribution >= 4 is 23.2 Å². The molecular formula is C15H14N2O3S. The molecule has 0 saturated heterocycles. The van der Waals surface area contributed by atoms with Crippen LogP contribution < -0.4 is 5.32 Å². The first kappa shape index (κ1) is 13.8. The normalized spacial score (nSPS) is 20.0. The van der Waals surface area contributed by atoms with Crippen LogP contribution >= 0.6 is 11.3 Å². The summed E-state index contributed by atoms with van der Waals surface area (Å²) < 4.78 is 0. The SMILES string of the molecule is O=C(Cc1cncs1)NC1CC(C(=O)O)c2ccccc21. The van der Waals surface area contributed by atoms with E-state index in [1.165, 1.54) is 11.3 Å². The molecule has 5 nitrogen and oxygen atoms in total. The lowest BCUT2D eigenvalue weighted by Crippen LogP contribution is -2.28. The molecule has 21 heavy (non-hydrogen) atoms. The second kappa shape index (κ2) is 5.65. The van der Waals surface area contributed by atoms with Crippen LogP contribution in [0, 0.1) is 0 Å². The number of hydrogen-bond acceptors (Lipinski definition) is 4. The van der Waals surface area contributed by atoms with Crippen LogP contribution in [-0.2, 0) is 16.0 Å². The van der Waals surface area contributed by atoms with Gasteiger partial charge in [0.15, 0.2) is 0 Å². The molecule has 2 atom stereocenters. The molecule has 3 rings (SSSR count). The largest absolute Gasteiger partial charge is 0.481 e. The van der Waals surface area contributed by atoms with Gasteiger partial charge in [0.2, 0.25) is 5.91 Å². The summed E-state index contributed by atoms with van der Waals surface area (Å²) in [7, 11) is 0. The van der Waals surface area contributed by atoms with Crippen LogP contribution in [0.1, 0.15) is 34.4 Å². The van der Waals surface area contributed by atoms with E-state index in [0.29, 0.717) is 6.42 Å². The summed E-state index contributed by atoms with van der Waals surface area (Å²) in [6.45, 7) is 0. The number of fused-ring (bicyclic) bond motifs is 1. The number of nitrogens with zero attached hydrogens (tertiary/aromatic N) is 1. The summed E-state index contributed by atoms with van der Waals surface area (Å²) in [6.07, 6.45) is 2.36. The third-order valence-corrected chi connectivity index (χ3v) is 4.45. The van der Waals surface area contributed by atoms with Gasteiger partial charge in [-0.15, -0.1) is 11.3 Å². The molecule has 2 unspecified atom stereocenters. The molecule has 0 spiro atoms. The van der Waals surface area contributed by atoms with Crippen LogP contribution in [0.3, 0.4) is 0 Å². The zero-order valence-electron chi connectivity index (χ0n) is 11.2. The molecule has 1 aliphatic rings. The number of carboxylic acids is 1. The quantitative estimate of drug-likeness (QED) is 0.906. The summed E-state index contributed by atoms with van der Waals surface area (Å²) in [5, 5.41) is 12.2. The average molecular weight is 302 g/mol. The monoisotopic (exact) mass is 302 g/mol. The van der Waals surface area contributed by atoms with Gasteiger partial charge in [-0.3, -0.25) is 14.6 Å². The third kappa shape index (κ3) is 2.80. The molecule has 0 saturated carbocycles. The van der Waals surface area contributed by atoms with E-state index in [9.17, 15) is 14.7 Å². The highest BCUT2D eigenvalue weighted by atomic mass is 32.1. The van der Waals surface area contributed by atoms with Crippen LogP contribution in [-0.4, -0.2) is 22.0 Å². The van der Waals surface area contributed by atoms with Gasteiger partial charge in [0, 0.05) is 11.1 Å². The van der Waals surface area contributed by atoms with Crippen molar-refractivity contribution in [3.8, 4) is 0 Å². The Balaban J connectivity index is 1.75. The van der Waals surface area contributed by atoms with Crippen LogP contribution in [0.25, 0.3) is 0 Å². The lowest BCUT2D eigenvalue weighted by molar-refractivity contribution is -0.139. The molecule has 2 N–H and O–H groups in total. The standard InChI is InChI=1S/C15H14N2O3S/c18-14(5-9-7-16-8-21-9)17-13-6-12(15(19)20)10-3-1-2-4-11(10)13/h1-4,7-8,12-13H,5-6H2,(H,17,18)(H,19,20). The minimum atomic E-state index is -0.846. The Morgan fingerprint density at radius 3 is 2.76 bits per heavy atom. The number of carboxylic acid groups (broad SMARTS) is 1. The van der Waals surface area contributed by atoms with Crippen LogP contribution in [0.5, 0.6) is 0 Å². The minimum Gasteiger partial charge on any atom is -0.481 e. The van der Waals surface area contributed by atoms with Gasteiger partial charge in [-0.25, -0.2) is 0 Å². The molecule has 1 aliphatic carbocycles. The predicted molar refractivity (Wildman–Crippen MR) is 78.1 cm³/mol. The number of rotatable bonds is 4. The van der Waals surface area contributed by atoms with Crippen LogP contribution in [0.4, 0.5) is 0 Å². The fourth-order valence-corrected chi connectivity index (χ4v) is 3.33. The summed E-state index contributed by atoms with van der Waals surface area (Å²) in [6, 6.07) is 7.17. The molecule has 108 valence electrons. The highest BCUT2D eigenvalue weighted by Gasteiger charge is 2.35. The Bertz CT molecular complexity index is 669. The van der Waals surface area contributed by atoms with E-state index in [4.69, 9.17) is 0 Å². The first-order chi connectivity index (χ1) is 10.1. The van der Waals surface area contributed by atoms with E-state index in [1.807, 2.05) is 24.3 Å². The van der Waals surface area contributed by atoms with Crippen molar-refractivity contribution < 1.29 is 14.7 Å². The number of thiazole rings is 1. The maximum absolute atomic E-state index is 12.1. The van der Waals surface area contributed by atoms with Crippen molar-refractivity contribution in [2.45, 2.75) is 24.8 Å². The third-order valence-electron chi connectivity index (χ3n) is 3.67. The van der Waals surface area contributed by atoms with E-state index in [1.54, 1.807) is 11.7 Å². The van der Waals surface area contributed by atoms with Crippen molar-refractivity contribution in [2.24, 2.45) is 0 Å². The van der Waals surface area contributed by atoms with Gasteiger partial charge in [0.05, 0.1) is 23.9 Å². The van der Waals surface area contributed by atoms with Gasteiger partial charge in [-0.2, -0.15) is 0 Å². The fraction of sp³-hybridized carbons (Fsp3) is 0.267. The number of benzene rings is 1. The number of carbonyl (C=O) groups is 2. The summed E-state index contributed by atoms with van der Waals surface area (Å²) in [5.74, 6) is -1.50. The van der Waals surface area contributed by atoms with E-state index < -0.39 is 11.9 Å². The maximum Gasteiger partial charge on any atom is 0.311 e. The zero-order valence-corrected chi connectivity index (χ0v) is 12.0. The number of carbonyl (C=O) groups excluding carboxylic acids is 1. The molecule has 6 heteroatoms. The molecule has 0 bridgehead atoms. The summed E-state index contributed by atoms with van der Waals surface area (Å²) in [5.41, 5.74) is 3.39. The van der Waals surface area contributed by atoms with Gasteiger partial charge in [0.25, 0.3) is 0 Å². The van der Waals surface area contributed by atoms with Crippen molar-refractivity contribution in [1.29, 1.82) is 0 Å². The smallest absolute Gasteiger partial charge is 0.311 e. The zero-order chi connectivity index (χ0) is 14.8. The Morgan fingerprint density at radius 2 is 2.10 bits per heavy atom. The molecule has 2 aromatic rings. The Morgan fingerprint density at radius 1 is 1.33 bits per heavy atom. The van der Waals surface area contributed by atoms with E-state index >= 15 is 0 Å².